The molecule has 0 saturated heterocycles. The van der Waals surface area contributed by atoms with Gasteiger partial charge in [-0.25, -0.2) is 0 Å². The molecule has 0 aliphatic rings. The largest absolute Gasteiger partial charge is 0.285 e. The Bertz CT molecular complexity index is 720. The molecule has 2 rings (SSSR count). The summed E-state index contributed by atoms with van der Waals surface area (Å²) < 4.78 is 0. The second kappa shape index (κ2) is 3.33. The maximum absolute atomic E-state index is 11.3. The highest BCUT2D eigenvalue weighted by atomic mass is 32.2. The van der Waals surface area contributed by atoms with E-state index in [2.05, 4.69) is 0 Å². The van der Waals surface area contributed by atoms with Gasteiger partial charge >= 0.3 is 0 Å². The fourth-order valence-corrected chi connectivity index (χ4v) is 1.79. The van der Waals surface area contributed by atoms with Crippen molar-refractivity contribution in [1.29, 1.82) is 5.26 Å². The first-order chi connectivity index (χ1) is 7.15. The molecule has 0 spiro atoms. The lowest BCUT2D eigenvalue weighted by Gasteiger charge is -1.91. The highest BCUT2D eigenvalue weighted by Gasteiger charge is 2.12. The number of benzene rings is 1. The summed E-state index contributed by atoms with van der Waals surface area (Å²) in [4.78, 5) is 34.1. The third kappa shape index (κ3) is 1.35. The van der Waals surface area contributed by atoms with Crippen LogP contribution < -0.4 is 16.3 Å². The van der Waals surface area contributed by atoms with Crippen molar-refractivity contribution in [3.63, 3.8) is 0 Å². The number of nitriles is 1. The van der Waals surface area contributed by atoms with Crippen LogP contribution in [0.4, 0.5) is 0 Å². The van der Waals surface area contributed by atoms with E-state index in [4.69, 9.17) is 5.26 Å². The molecule has 0 aromatic heterocycles. The van der Waals surface area contributed by atoms with Crippen LogP contribution in [-0.2, 0) is 0 Å². The second-order valence-electron chi connectivity index (χ2n) is 2.89. The summed E-state index contributed by atoms with van der Waals surface area (Å²) in [5.41, 5.74) is -2.54. The van der Waals surface area contributed by atoms with Crippen molar-refractivity contribution in [2.24, 2.45) is 0 Å². The van der Waals surface area contributed by atoms with E-state index in [1.165, 1.54) is 18.2 Å². The van der Waals surface area contributed by atoms with Crippen molar-refractivity contribution in [2.75, 3.05) is 0 Å². The monoisotopic (exact) mass is 217 g/mol. The molecule has 0 atom stereocenters. The number of hydrogen-bond donors (Lipinski definition) is 0. The Labute approximate surface area is 87.5 Å². The van der Waals surface area contributed by atoms with Gasteiger partial charge in [0.1, 0.15) is 5.40 Å². The molecule has 5 heteroatoms. The zero-order valence-electron chi connectivity index (χ0n) is 7.31. The van der Waals surface area contributed by atoms with E-state index in [1.54, 1.807) is 0 Å². The van der Waals surface area contributed by atoms with Gasteiger partial charge in [-0.05, 0) is 30.0 Å². The lowest BCUT2D eigenvalue weighted by molar-refractivity contribution is 1.51. The van der Waals surface area contributed by atoms with Gasteiger partial charge in [0, 0.05) is 15.7 Å². The van der Waals surface area contributed by atoms with Gasteiger partial charge in [0.2, 0.25) is 10.9 Å². The van der Waals surface area contributed by atoms with Crippen LogP contribution in [0.5, 0.6) is 0 Å². The molecule has 0 radical (unpaired) electrons. The number of rotatable bonds is 1. The molecule has 0 heterocycles. The first kappa shape index (κ1) is 9.62. The summed E-state index contributed by atoms with van der Waals surface area (Å²) in [5, 5.41) is 10.5. The van der Waals surface area contributed by atoms with Gasteiger partial charge < -0.3 is 0 Å². The van der Waals surface area contributed by atoms with Crippen molar-refractivity contribution in [2.45, 2.75) is 4.90 Å². The maximum Gasteiger partial charge on any atom is 0.273 e. The summed E-state index contributed by atoms with van der Waals surface area (Å²) >= 11 is 0.877. The summed E-state index contributed by atoms with van der Waals surface area (Å²) in [5.74, 6) is 0. The number of thioether (sulfide) groups is 1. The molecular formula is C10H3NO3S. The molecule has 0 bridgehead atoms. The van der Waals surface area contributed by atoms with E-state index in [-0.39, 0.29) is 10.8 Å². The second-order valence-corrected chi connectivity index (χ2v) is 3.75. The van der Waals surface area contributed by atoms with Crippen molar-refractivity contribution in [1.82, 2.24) is 0 Å². The van der Waals surface area contributed by atoms with Crippen LogP contribution in [0.25, 0.3) is 10.8 Å². The van der Waals surface area contributed by atoms with Gasteiger partial charge in [0.05, 0.1) is 0 Å². The Morgan fingerprint density at radius 1 is 1.00 bits per heavy atom. The number of nitrogens with zero attached hydrogens (tertiary/aromatic N) is 1. The third-order valence-corrected chi connectivity index (χ3v) is 2.64. The molecule has 0 fully saturated rings. The molecule has 0 N–H and O–H groups in total. The molecular weight excluding hydrogens is 214 g/mol. The lowest BCUT2D eigenvalue weighted by atomic mass is 10.2. The van der Waals surface area contributed by atoms with Gasteiger partial charge in [-0.2, -0.15) is 5.26 Å². The lowest BCUT2D eigenvalue weighted by Crippen LogP contribution is -2.29. The fourth-order valence-electron chi connectivity index (χ4n) is 1.37. The molecule has 0 unspecified atom stereocenters. The molecule has 72 valence electrons. The summed E-state index contributed by atoms with van der Waals surface area (Å²) in [7, 11) is 0. The Balaban J connectivity index is 2.91. The average molecular weight is 217 g/mol. The van der Waals surface area contributed by atoms with Crippen molar-refractivity contribution >= 4 is 22.5 Å². The minimum atomic E-state index is -0.996. The molecule has 2 aromatic carbocycles. The van der Waals surface area contributed by atoms with Gasteiger partial charge in [0.25, 0.3) is 5.43 Å². The fraction of sp³-hybridized carbons (Fsp3) is 0. The van der Waals surface area contributed by atoms with Crippen molar-refractivity contribution < 1.29 is 0 Å². The molecule has 4 nitrogen and oxygen atoms in total. The highest BCUT2D eigenvalue weighted by Crippen LogP contribution is 2.18. The summed E-state index contributed by atoms with van der Waals surface area (Å²) in [6.07, 6.45) is 0. The standard InChI is InChI=1S/C10H3NO3S/c11-4-15-5-1-2-6-7(3-5)9(13)10(14)8(6)12/h1-3H. The van der Waals surface area contributed by atoms with Gasteiger partial charge in [0.15, 0.2) is 0 Å². The normalized spacial score (nSPS) is 10.3. The predicted molar refractivity (Wildman–Crippen MR) is 56.6 cm³/mol. The van der Waals surface area contributed by atoms with Crippen molar-refractivity contribution in [3.05, 3.63) is 48.9 Å². The zero-order chi connectivity index (χ0) is 11.0. The summed E-state index contributed by atoms with van der Waals surface area (Å²) in [6.45, 7) is 0. The maximum atomic E-state index is 11.3. The van der Waals surface area contributed by atoms with E-state index < -0.39 is 16.3 Å². The van der Waals surface area contributed by atoms with E-state index in [1.807, 2.05) is 5.40 Å². The zero-order valence-corrected chi connectivity index (χ0v) is 8.13. The van der Waals surface area contributed by atoms with Crippen LogP contribution in [0, 0.1) is 10.7 Å². The predicted octanol–water partition coefficient (Wildman–Crippen LogP) is 0.369. The third-order valence-electron chi connectivity index (χ3n) is 2.06. The van der Waals surface area contributed by atoms with E-state index in [0.717, 1.165) is 11.8 Å². The first-order valence-corrected chi connectivity index (χ1v) is 4.80. The van der Waals surface area contributed by atoms with Gasteiger partial charge in [-0.3, -0.25) is 14.4 Å². The molecule has 0 amide bonds. The molecule has 15 heavy (non-hydrogen) atoms. The van der Waals surface area contributed by atoms with E-state index >= 15 is 0 Å². The minimum absolute atomic E-state index is 0.102. The Hall–Kier alpha value is -1.93. The SMILES string of the molecule is N#CSc1ccc2c(=O)c(=O)c(=O)c2c1. The Morgan fingerprint density at radius 3 is 2.33 bits per heavy atom. The van der Waals surface area contributed by atoms with E-state index in [0.29, 0.717) is 4.90 Å². The van der Waals surface area contributed by atoms with Crippen molar-refractivity contribution in [3.8, 4) is 5.40 Å². The van der Waals surface area contributed by atoms with Crippen LogP contribution in [0.3, 0.4) is 0 Å². The minimum Gasteiger partial charge on any atom is -0.285 e. The van der Waals surface area contributed by atoms with Crippen LogP contribution in [0.2, 0.25) is 0 Å². The highest BCUT2D eigenvalue weighted by molar-refractivity contribution is 8.03. The molecule has 0 aliphatic carbocycles. The van der Waals surface area contributed by atoms with Crippen LogP contribution in [0.15, 0.2) is 37.5 Å². The number of hydrogen-bond acceptors (Lipinski definition) is 5. The van der Waals surface area contributed by atoms with Gasteiger partial charge in [-0.15, -0.1) is 0 Å². The number of thiocyanates is 1. The average Bonchev–Trinajstić information content (AvgIpc) is 2.45. The summed E-state index contributed by atoms with van der Waals surface area (Å²) in [6, 6.07) is 4.34. The molecule has 0 saturated carbocycles. The Kier molecular flexibility index (Phi) is 2.14. The molecule has 2 aromatic rings. The van der Waals surface area contributed by atoms with Crippen LogP contribution >= 0.6 is 11.8 Å². The smallest absolute Gasteiger partial charge is 0.273 e. The quantitative estimate of drug-likeness (QED) is 0.392. The van der Waals surface area contributed by atoms with Crippen LogP contribution in [-0.4, -0.2) is 0 Å². The van der Waals surface area contributed by atoms with Gasteiger partial charge in [-0.1, -0.05) is 0 Å². The topological polar surface area (TPSA) is 75.0 Å². The van der Waals surface area contributed by atoms with Crippen LogP contribution in [0.1, 0.15) is 0 Å². The first-order valence-electron chi connectivity index (χ1n) is 3.98. The molecule has 0 aliphatic heterocycles. The van der Waals surface area contributed by atoms with E-state index in [9.17, 15) is 14.4 Å². The Morgan fingerprint density at radius 2 is 1.67 bits per heavy atom. The number of fused-ring (bicyclic) bond motifs is 1.